The molecule has 1 rings (SSSR count). The highest BCUT2D eigenvalue weighted by atomic mass is 79.9. The number of nitrogens with one attached hydrogen (secondary N) is 1. The fraction of sp³-hybridized carbons (Fsp3) is 0.333. The maximum atomic E-state index is 11.7. The minimum absolute atomic E-state index is 0.213. The number of aliphatic carboxylic acids is 1. The summed E-state index contributed by atoms with van der Waals surface area (Å²) in [5.74, 6) is -1.63. The third-order valence-electron chi connectivity index (χ3n) is 2.33. The van der Waals surface area contributed by atoms with Gasteiger partial charge in [-0.3, -0.25) is 13.8 Å². The Morgan fingerprint density at radius 1 is 1.42 bits per heavy atom. The second-order valence-electron chi connectivity index (χ2n) is 3.96. The number of anilines is 1. The average molecular weight is 348 g/mol. The summed E-state index contributed by atoms with van der Waals surface area (Å²) in [7, 11) is -1.50. The van der Waals surface area contributed by atoms with Gasteiger partial charge in [-0.15, -0.1) is 0 Å². The van der Waals surface area contributed by atoms with E-state index < -0.39 is 27.9 Å². The molecule has 2 N–H and O–H groups in total. The molecule has 0 aromatic heterocycles. The lowest BCUT2D eigenvalue weighted by molar-refractivity contribution is -0.136. The lowest BCUT2D eigenvalue weighted by Gasteiger charge is -2.10. The van der Waals surface area contributed by atoms with Crippen LogP contribution in [0.4, 0.5) is 5.69 Å². The molecule has 0 saturated carbocycles. The molecule has 0 fully saturated rings. The number of halogens is 1. The Bertz CT molecular complexity index is 506. The molecule has 0 bridgehead atoms. The molecule has 0 heterocycles. The number of benzene rings is 1. The van der Waals surface area contributed by atoms with Gasteiger partial charge in [0.1, 0.15) is 5.75 Å². The van der Waals surface area contributed by atoms with E-state index in [2.05, 4.69) is 21.2 Å². The van der Waals surface area contributed by atoms with E-state index in [1.165, 1.54) is 0 Å². The highest BCUT2D eigenvalue weighted by Crippen LogP contribution is 2.21. The van der Waals surface area contributed by atoms with Gasteiger partial charge in [-0.05, 0) is 28.1 Å². The number of carboxylic acid groups (broad SMARTS) is 1. The van der Waals surface area contributed by atoms with Gasteiger partial charge in [0, 0.05) is 20.5 Å². The molecule has 2 atom stereocenters. The van der Waals surface area contributed by atoms with E-state index in [1.807, 2.05) is 6.07 Å². The Morgan fingerprint density at radius 2 is 2.05 bits per heavy atom. The normalized spacial score (nSPS) is 13.6. The predicted molar refractivity (Wildman–Crippen MR) is 77.5 cm³/mol. The second kappa shape index (κ2) is 7.40. The molecule has 2 unspecified atom stereocenters. The Balaban J connectivity index is 2.54. The van der Waals surface area contributed by atoms with E-state index in [0.717, 1.165) is 4.47 Å². The van der Waals surface area contributed by atoms with Crippen LogP contribution in [-0.2, 0) is 20.4 Å². The Morgan fingerprint density at radius 3 is 2.63 bits per heavy atom. The molecule has 104 valence electrons. The van der Waals surface area contributed by atoms with Crippen LogP contribution in [0.5, 0.6) is 0 Å². The highest BCUT2D eigenvalue weighted by Gasteiger charge is 2.18. The van der Waals surface area contributed by atoms with Gasteiger partial charge in [-0.1, -0.05) is 19.1 Å². The van der Waals surface area contributed by atoms with Crippen LogP contribution in [0.2, 0.25) is 0 Å². The first-order valence-corrected chi connectivity index (χ1v) is 7.71. The van der Waals surface area contributed by atoms with Crippen LogP contribution in [0.1, 0.15) is 13.3 Å². The van der Waals surface area contributed by atoms with Crippen LogP contribution in [0, 0.1) is 0 Å². The number of hydrogen-bond acceptors (Lipinski definition) is 3. The molecule has 0 saturated heterocycles. The molecule has 0 spiro atoms. The molecule has 19 heavy (non-hydrogen) atoms. The summed E-state index contributed by atoms with van der Waals surface area (Å²) in [6.45, 7) is 1.55. The van der Waals surface area contributed by atoms with Crippen molar-refractivity contribution in [3.05, 3.63) is 28.7 Å². The summed E-state index contributed by atoms with van der Waals surface area (Å²) in [5.41, 5.74) is 0.593. The number of rotatable bonds is 6. The first kappa shape index (κ1) is 15.8. The summed E-state index contributed by atoms with van der Waals surface area (Å²) < 4.78 is 12.5. The lowest BCUT2D eigenvalue weighted by atomic mass is 10.3. The van der Waals surface area contributed by atoms with Gasteiger partial charge < -0.3 is 10.4 Å². The fourth-order valence-corrected chi connectivity index (χ4v) is 2.69. The highest BCUT2D eigenvalue weighted by molar-refractivity contribution is 9.10. The monoisotopic (exact) mass is 347 g/mol. The fourth-order valence-electron chi connectivity index (χ4n) is 1.36. The van der Waals surface area contributed by atoms with E-state index in [1.54, 1.807) is 25.1 Å². The van der Waals surface area contributed by atoms with E-state index in [0.29, 0.717) is 5.69 Å². The van der Waals surface area contributed by atoms with Gasteiger partial charge in [0.15, 0.2) is 0 Å². The van der Waals surface area contributed by atoms with Crippen LogP contribution in [0.25, 0.3) is 0 Å². The van der Waals surface area contributed by atoms with Crippen LogP contribution < -0.4 is 5.32 Å². The van der Waals surface area contributed by atoms with Crippen LogP contribution >= 0.6 is 15.9 Å². The quantitative estimate of drug-likeness (QED) is 0.824. The Labute approximate surface area is 122 Å². The van der Waals surface area contributed by atoms with Crippen molar-refractivity contribution < 1.29 is 18.9 Å². The summed E-state index contributed by atoms with van der Waals surface area (Å²) in [5, 5.41) is 10.7. The topological polar surface area (TPSA) is 83.5 Å². The smallest absolute Gasteiger partial charge is 0.304 e. The van der Waals surface area contributed by atoms with Crippen LogP contribution in [0.3, 0.4) is 0 Å². The maximum Gasteiger partial charge on any atom is 0.304 e. The van der Waals surface area contributed by atoms with Crippen molar-refractivity contribution in [2.45, 2.75) is 18.6 Å². The largest absolute Gasteiger partial charge is 0.481 e. The predicted octanol–water partition coefficient (Wildman–Crippen LogP) is 2.00. The van der Waals surface area contributed by atoms with Gasteiger partial charge in [-0.25, -0.2) is 0 Å². The number of para-hydroxylation sites is 1. The van der Waals surface area contributed by atoms with Crippen molar-refractivity contribution in [2.24, 2.45) is 0 Å². The van der Waals surface area contributed by atoms with E-state index in [9.17, 15) is 13.8 Å². The number of amides is 1. The third kappa shape index (κ3) is 5.52. The van der Waals surface area contributed by atoms with Crippen molar-refractivity contribution in [2.75, 3.05) is 11.1 Å². The first-order chi connectivity index (χ1) is 8.90. The SMILES string of the molecule is CC(CC(=O)O)S(=O)CC(=O)Nc1ccccc1Br. The summed E-state index contributed by atoms with van der Waals surface area (Å²) >= 11 is 3.28. The van der Waals surface area contributed by atoms with Crippen molar-refractivity contribution in [3.63, 3.8) is 0 Å². The molecule has 0 aliphatic carbocycles. The molecular formula is C12H14BrNO4S. The van der Waals surface area contributed by atoms with Gasteiger partial charge >= 0.3 is 5.97 Å². The first-order valence-electron chi connectivity index (χ1n) is 5.53. The van der Waals surface area contributed by atoms with Crippen molar-refractivity contribution >= 4 is 44.3 Å². The number of carbonyl (C=O) groups excluding carboxylic acids is 1. The zero-order valence-corrected chi connectivity index (χ0v) is 12.7. The minimum Gasteiger partial charge on any atom is -0.481 e. The number of carbonyl (C=O) groups is 2. The molecule has 0 aliphatic rings. The summed E-state index contributed by atoms with van der Waals surface area (Å²) in [6.07, 6.45) is -0.213. The zero-order valence-electron chi connectivity index (χ0n) is 10.3. The summed E-state index contributed by atoms with van der Waals surface area (Å²) in [4.78, 5) is 22.2. The zero-order chi connectivity index (χ0) is 14.4. The molecule has 0 radical (unpaired) electrons. The number of carboxylic acids is 1. The molecule has 1 amide bonds. The van der Waals surface area contributed by atoms with E-state index in [4.69, 9.17) is 5.11 Å². The Kier molecular flexibility index (Phi) is 6.17. The van der Waals surface area contributed by atoms with Crippen molar-refractivity contribution in [1.82, 2.24) is 0 Å². The van der Waals surface area contributed by atoms with Gasteiger partial charge in [-0.2, -0.15) is 0 Å². The Hall–Kier alpha value is -1.21. The van der Waals surface area contributed by atoms with Crippen LogP contribution in [0.15, 0.2) is 28.7 Å². The van der Waals surface area contributed by atoms with E-state index >= 15 is 0 Å². The summed E-state index contributed by atoms with van der Waals surface area (Å²) in [6, 6.07) is 7.07. The van der Waals surface area contributed by atoms with E-state index in [-0.39, 0.29) is 12.2 Å². The molecule has 1 aromatic rings. The third-order valence-corrected chi connectivity index (χ3v) is 4.63. The molecule has 0 aliphatic heterocycles. The molecule has 1 aromatic carbocycles. The van der Waals surface area contributed by atoms with Crippen LogP contribution in [-0.4, -0.2) is 32.2 Å². The second-order valence-corrected chi connectivity index (χ2v) is 6.67. The molecular weight excluding hydrogens is 334 g/mol. The van der Waals surface area contributed by atoms with Gasteiger partial charge in [0.25, 0.3) is 0 Å². The maximum absolute atomic E-state index is 11.7. The molecule has 5 nitrogen and oxygen atoms in total. The van der Waals surface area contributed by atoms with Crippen molar-refractivity contribution in [1.29, 1.82) is 0 Å². The number of hydrogen-bond donors (Lipinski definition) is 2. The van der Waals surface area contributed by atoms with Crippen molar-refractivity contribution in [3.8, 4) is 0 Å². The lowest BCUT2D eigenvalue weighted by Crippen LogP contribution is -2.26. The molecule has 7 heteroatoms. The standard InChI is InChI=1S/C12H14BrNO4S/c1-8(6-12(16)17)19(18)7-11(15)14-10-5-3-2-4-9(10)13/h2-5,8H,6-7H2,1H3,(H,14,15)(H,16,17). The minimum atomic E-state index is -1.50. The van der Waals surface area contributed by atoms with Gasteiger partial charge in [0.05, 0.1) is 12.1 Å². The van der Waals surface area contributed by atoms with Gasteiger partial charge in [0.2, 0.25) is 5.91 Å². The average Bonchev–Trinajstić information content (AvgIpc) is 2.31.